The summed E-state index contributed by atoms with van der Waals surface area (Å²) in [5.74, 6) is 0.175. The van der Waals surface area contributed by atoms with Crippen LogP contribution in [-0.4, -0.2) is 22.6 Å². The molecule has 1 N–H and O–H groups in total. The fourth-order valence-electron chi connectivity index (χ4n) is 2.36. The van der Waals surface area contributed by atoms with Gasteiger partial charge in [0.25, 0.3) is 0 Å². The van der Waals surface area contributed by atoms with Crippen LogP contribution in [0, 0.1) is 0 Å². The van der Waals surface area contributed by atoms with Crippen molar-refractivity contribution in [3.05, 3.63) is 64.1 Å². The van der Waals surface area contributed by atoms with E-state index in [1.54, 1.807) is 23.1 Å². The normalized spacial score (nSPS) is 17.9. The number of benzene rings is 2. The summed E-state index contributed by atoms with van der Waals surface area (Å²) in [6.07, 6.45) is -0.615. The molecule has 0 spiro atoms. The highest BCUT2D eigenvalue weighted by atomic mass is 79.9. The van der Waals surface area contributed by atoms with Gasteiger partial charge in [0.1, 0.15) is 11.9 Å². The molecule has 1 amide bonds. The largest absolute Gasteiger partial charge is 0.508 e. The van der Waals surface area contributed by atoms with Gasteiger partial charge in [0.05, 0.1) is 13.1 Å². The van der Waals surface area contributed by atoms with Crippen LogP contribution >= 0.6 is 15.9 Å². The number of aromatic hydroxyl groups is 1. The number of halogens is 1. The van der Waals surface area contributed by atoms with Crippen LogP contribution in [-0.2, 0) is 11.3 Å². The minimum Gasteiger partial charge on any atom is -0.508 e. The zero-order valence-electron chi connectivity index (χ0n) is 11.2. The highest BCUT2D eigenvalue weighted by Gasteiger charge is 2.32. The Hall–Kier alpha value is -2.01. The first kappa shape index (κ1) is 13.9. The van der Waals surface area contributed by atoms with E-state index < -0.39 is 0 Å². The molecule has 5 heteroatoms. The molecular formula is C16H14BrNO3. The molecule has 1 aliphatic rings. The number of cyclic esters (lactones) is 1. The summed E-state index contributed by atoms with van der Waals surface area (Å²) in [6.45, 7) is 0.808. The highest BCUT2D eigenvalue weighted by Crippen LogP contribution is 2.29. The van der Waals surface area contributed by atoms with Gasteiger partial charge >= 0.3 is 6.09 Å². The van der Waals surface area contributed by atoms with E-state index in [0.717, 1.165) is 10.0 Å². The summed E-state index contributed by atoms with van der Waals surface area (Å²) in [6, 6.07) is 14.8. The van der Waals surface area contributed by atoms with E-state index in [9.17, 15) is 9.90 Å². The van der Waals surface area contributed by atoms with E-state index in [-0.39, 0.29) is 17.9 Å². The molecule has 4 nitrogen and oxygen atoms in total. The van der Waals surface area contributed by atoms with E-state index in [1.807, 2.05) is 30.3 Å². The van der Waals surface area contributed by atoms with Gasteiger partial charge in [-0.1, -0.05) is 46.3 Å². The molecule has 1 atom stereocenters. The molecule has 0 saturated carbocycles. The van der Waals surface area contributed by atoms with E-state index in [4.69, 9.17) is 4.74 Å². The second-order valence-electron chi connectivity index (χ2n) is 4.94. The Morgan fingerprint density at radius 3 is 2.76 bits per heavy atom. The predicted molar refractivity (Wildman–Crippen MR) is 81.9 cm³/mol. The van der Waals surface area contributed by atoms with E-state index in [0.29, 0.717) is 18.7 Å². The maximum Gasteiger partial charge on any atom is 0.410 e. The summed E-state index contributed by atoms with van der Waals surface area (Å²) in [5.41, 5.74) is 1.67. The Bertz CT molecular complexity index is 660. The predicted octanol–water partition coefficient (Wildman–Crippen LogP) is 3.85. The number of rotatable bonds is 3. The van der Waals surface area contributed by atoms with Gasteiger partial charge in [0.15, 0.2) is 0 Å². The van der Waals surface area contributed by atoms with Gasteiger partial charge in [-0.05, 0) is 23.8 Å². The highest BCUT2D eigenvalue weighted by molar-refractivity contribution is 9.10. The van der Waals surface area contributed by atoms with Crippen molar-refractivity contribution in [2.75, 3.05) is 6.54 Å². The maximum absolute atomic E-state index is 12.0. The number of ether oxygens (including phenoxy) is 1. The van der Waals surface area contributed by atoms with E-state index in [2.05, 4.69) is 15.9 Å². The van der Waals surface area contributed by atoms with Crippen LogP contribution < -0.4 is 0 Å². The van der Waals surface area contributed by atoms with Crippen molar-refractivity contribution in [2.24, 2.45) is 0 Å². The lowest BCUT2D eigenvalue weighted by Gasteiger charge is -2.14. The average Bonchev–Trinajstić information content (AvgIpc) is 2.85. The number of amides is 1. The number of hydrogen-bond donors (Lipinski definition) is 1. The number of hydrogen-bond acceptors (Lipinski definition) is 3. The minimum atomic E-state index is -0.358. The van der Waals surface area contributed by atoms with Crippen molar-refractivity contribution in [1.82, 2.24) is 4.90 Å². The number of nitrogens with zero attached hydrogens (tertiary/aromatic N) is 1. The Labute approximate surface area is 131 Å². The Kier molecular flexibility index (Phi) is 3.84. The second kappa shape index (κ2) is 5.77. The average molecular weight is 348 g/mol. The fraction of sp³-hybridized carbons (Fsp3) is 0.188. The molecule has 0 aromatic heterocycles. The molecule has 108 valence electrons. The molecule has 2 aromatic rings. The third kappa shape index (κ3) is 3.03. The van der Waals surface area contributed by atoms with Crippen LogP contribution in [0.4, 0.5) is 4.79 Å². The standard InChI is InChI=1S/C16H14BrNO3/c17-13-6-7-14(19)12(8-13)9-18-10-15(21-16(18)20)11-4-2-1-3-5-11/h1-8,15,19H,9-10H2/t15-/m1/s1. The molecule has 0 bridgehead atoms. The topological polar surface area (TPSA) is 49.8 Å². The van der Waals surface area contributed by atoms with Crippen LogP contribution in [0.25, 0.3) is 0 Å². The first-order chi connectivity index (χ1) is 10.1. The summed E-state index contributed by atoms with van der Waals surface area (Å²) < 4.78 is 6.26. The molecule has 1 fully saturated rings. The van der Waals surface area contributed by atoms with Crippen molar-refractivity contribution in [3.8, 4) is 5.75 Å². The minimum absolute atomic E-state index is 0.175. The number of phenols is 1. The van der Waals surface area contributed by atoms with Gasteiger partial charge in [0.2, 0.25) is 0 Å². The van der Waals surface area contributed by atoms with Gasteiger partial charge in [-0.15, -0.1) is 0 Å². The van der Waals surface area contributed by atoms with Gasteiger partial charge in [0, 0.05) is 10.0 Å². The lowest BCUT2D eigenvalue weighted by molar-refractivity contribution is 0.132. The quantitative estimate of drug-likeness (QED) is 0.917. The van der Waals surface area contributed by atoms with Crippen molar-refractivity contribution >= 4 is 22.0 Å². The molecule has 21 heavy (non-hydrogen) atoms. The summed E-state index contributed by atoms with van der Waals surface area (Å²) >= 11 is 3.36. The zero-order chi connectivity index (χ0) is 14.8. The van der Waals surface area contributed by atoms with Crippen molar-refractivity contribution in [1.29, 1.82) is 0 Å². The summed E-state index contributed by atoms with van der Waals surface area (Å²) in [4.78, 5) is 13.6. The maximum atomic E-state index is 12.0. The van der Waals surface area contributed by atoms with Gasteiger partial charge in [-0.2, -0.15) is 0 Å². The molecule has 1 aliphatic heterocycles. The van der Waals surface area contributed by atoms with Gasteiger partial charge in [-0.3, -0.25) is 4.90 Å². The summed E-state index contributed by atoms with van der Waals surface area (Å²) in [5, 5.41) is 9.86. The zero-order valence-corrected chi connectivity index (χ0v) is 12.8. The van der Waals surface area contributed by atoms with Crippen molar-refractivity contribution in [2.45, 2.75) is 12.6 Å². The molecule has 0 aliphatic carbocycles. The van der Waals surface area contributed by atoms with Gasteiger partial charge < -0.3 is 9.84 Å². The lowest BCUT2D eigenvalue weighted by atomic mass is 10.1. The van der Waals surface area contributed by atoms with Crippen LogP contribution in [0.2, 0.25) is 0 Å². The molecule has 1 saturated heterocycles. The molecular weight excluding hydrogens is 334 g/mol. The fourth-order valence-corrected chi connectivity index (χ4v) is 2.77. The lowest BCUT2D eigenvalue weighted by Crippen LogP contribution is -2.23. The molecule has 2 aromatic carbocycles. The monoisotopic (exact) mass is 347 g/mol. The van der Waals surface area contributed by atoms with Crippen LogP contribution in [0.1, 0.15) is 17.2 Å². The number of carbonyl (C=O) groups excluding carboxylic acids is 1. The number of phenolic OH excluding ortho intramolecular Hbond substituents is 1. The van der Waals surface area contributed by atoms with Gasteiger partial charge in [-0.25, -0.2) is 4.79 Å². The molecule has 3 rings (SSSR count). The van der Waals surface area contributed by atoms with Crippen LogP contribution in [0.5, 0.6) is 5.75 Å². The molecule has 0 unspecified atom stereocenters. The Morgan fingerprint density at radius 2 is 2.00 bits per heavy atom. The van der Waals surface area contributed by atoms with Crippen LogP contribution in [0.15, 0.2) is 53.0 Å². The number of carbonyl (C=O) groups is 1. The third-order valence-corrected chi connectivity index (χ3v) is 3.95. The first-order valence-corrected chi connectivity index (χ1v) is 7.40. The third-order valence-electron chi connectivity index (χ3n) is 3.46. The van der Waals surface area contributed by atoms with E-state index in [1.165, 1.54) is 0 Å². The SMILES string of the molecule is O=C1O[C@@H](c2ccccc2)CN1Cc1cc(Br)ccc1O. The smallest absolute Gasteiger partial charge is 0.410 e. The van der Waals surface area contributed by atoms with Crippen molar-refractivity contribution < 1.29 is 14.6 Å². The second-order valence-corrected chi connectivity index (χ2v) is 5.85. The summed E-state index contributed by atoms with van der Waals surface area (Å²) in [7, 11) is 0. The van der Waals surface area contributed by atoms with Crippen molar-refractivity contribution in [3.63, 3.8) is 0 Å². The molecule has 0 radical (unpaired) electrons. The Morgan fingerprint density at radius 1 is 1.24 bits per heavy atom. The Balaban J connectivity index is 1.75. The first-order valence-electron chi connectivity index (χ1n) is 6.61. The molecule has 1 heterocycles. The van der Waals surface area contributed by atoms with E-state index >= 15 is 0 Å². The van der Waals surface area contributed by atoms with Crippen LogP contribution in [0.3, 0.4) is 0 Å².